The molecule has 0 aliphatic rings. The molecule has 3 N–H and O–H groups in total. The number of urea groups is 1. The van der Waals surface area contributed by atoms with Crippen LogP contribution in [0.15, 0.2) is 42.5 Å². The zero-order valence-electron chi connectivity index (χ0n) is 11.7. The van der Waals surface area contributed by atoms with Crippen LogP contribution in [0, 0.1) is 5.21 Å². The van der Waals surface area contributed by atoms with Crippen molar-refractivity contribution < 1.29 is 20.0 Å². The molecule has 3 rings (SSSR count). The summed E-state index contributed by atoms with van der Waals surface area (Å²) in [7, 11) is 0. The van der Waals surface area contributed by atoms with Gasteiger partial charge in [0, 0.05) is 25.7 Å². The highest BCUT2D eigenvalue weighted by molar-refractivity contribution is 7.25. The van der Waals surface area contributed by atoms with Crippen LogP contribution in [0.5, 0.6) is 0 Å². The summed E-state index contributed by atoms with van der Waals surface area (Å²) in [6.07, 6.45) is 0. The molecule has 2 unspecified atom stereocenters. The molecule has 1 heterocycles. The normalized spacial score (nSPS) is 15.6. The highest BCUT2D eigenvalue weighted by atomic mass is 32.1. The van der Waals surface area contributed by atoms with Gasteiger partial charge in [-0.1, -0.05) is 30.3 Å². The van der Waals surface area contributed by atoms with E-state index in [1.165, 1.54) is 12.4 Å². The molecule has 0 spiro atoms. The number of carbonyl (C=O) groups excluding carboxylic acids is 1. The van der Waals surface area contributed by atoms with E-state index in [2.05, 4.69) is 0 Å². The van der Waals surface area contributed by atoms with Gasteiger partial charge in [0.05, 0.1) is 0 Å². The second kappa shape index (κ2) is 5.31. The lowest BCUT2D eigenvalue weighted by molar-refractivity contribution is -1.02. The molecular weight excluding hydrogens is 304 g/mol. The first kappa shape index (κ1) is 14.9. The van der Waals surface area contributed by atoms with Crippen LogP contribution in [-0.2, 0) is 0 Å². The fraction of sp³-hybridized carbons (Fsp3) is 0.133. The molecular formula is C15H14N2O4S. The van der Waals surface area contributed by atoms with Crippen molar-refractivity contribution in [2.24, 2.45) is 0 Å². The molecule has 22 heavy (non-hydrogen) atoms. The quantitative estimate of drug-likeness (QED) is 0.379. The Balaban J connectivity index is 2.09. The maximum atomic E-state index is 12.0. The highest BCUT2D eigenvalue weighted by Crippen LogP contribution is 2.36. The molecule has 0 fully saturated rings. The van der Waals surface area contributed by atoms with Gasteiger partial charge in [0.15, 0.2) is 6.04 Å². The zero-order chi connectivity index (χ0) is 15.9. The van der Waals surface area contributed by atoms with Crippen molar-refractivity contribution >= 4 is 37.5 Å². The predicted octanol–water partition coefficient (Wildman–Crippen LogP) is 3.92. The third-order valence-corrected chi connectivity index (χ3v) is 4.93. The second-order valence-electron chi connectivity index (χ2n) is 5.07. The Morgan fingerprint density at radius 3 is 2.64 bits per heavy atom. The Hall–Kier alpha value is -2.03. The van der Waals surface area contributed by atoms with Gasteiger partial charge in [-0.25, -0.2) is 10.0 Å². The molecule has 2 atom stereocenters. The number of amides is 2. The Bertz CT molecular complexity index is 859. The van der Waals surface area contributed by atoms with Gasteiger partial charge in [-0.05, 0) is 19.1 Å². The molecule has 0 radical (unpaired) electrons. The number of nitrogens with one attached hydrogen (secondary N) is 1. The van der Waals surface area contributed by atoms with Gasteiger partial charge in [0.25, 0.3) is 0 Å². The maximum Gasteiger partial charge on any atom is 0.473 e. The minimum Gasteiger partial charge on any atom is -0.589 e. The van der Waals surface area contributed by atoms with Crippen LogP contribution in [-0.4, -0.2) is 21.3 Å². The number of thiophene rings is 1. The van der Waals surface area contributed by atoms with Gasteiger partial charge < -0.3 is 5.21 Å². The third kappa shape index (κ3) is 2.25. The SMILES string of the molecule is CC(c1ccc2c(c1)sc1ccccc12)[N+]([O-])(O)C(=O)NO. The number of fused-ring (bicyclic) bond motifs is 3. The van der Waals surface area contributed by atoms with Crippen LogP contribution in [0.25, 0.3) is 20.2 Å². The summed E-state index contributed by atoms with van der Waals surface area (Å²) in [6.45, 7) is 1.43. The molecule has 2 aromatic carbocycles. The van der Waals surface area contributed by atoms with Gasteiger partial charge in [-0.15, -0.1) is 16.1 Å². The largest absolute Gasteiger partial charge is 0.589 e. The van der Waals surface area contributed by atoms with E-state index in [1.54, 1.807) is 23.5 Å². The molecule has 7 heteroatoms. The molecule has 0 saturated heterocycles. The van der Waals surface area contributed by atoms with Gasteiger partial charge in [0.1, 0.15) is 0 Å². The Morgan fingerprint density at radius 2 is 1.91 bits per heavy atom. The van der Waals surface area contributed by atoms with Gasteiger partial charge in [-0.2, -0.15) is 5.48 Å². The molecule has 6 nitrogen and oxygen atoms in total. The minimum atomic E-state index is -2.22. The molecule has 114 valence electrons. The maximum absolute atomic E-state index is 12.0. The topological polar surface area (TPSA) is 92.6 Å². The minimum absolute atomic E-state index is 0.514. The number of benzene rings is 2. The number of rotatable bonds is 2. The summed E-state index contributed by atoms with van der Waals surface area (Å²) in [6, 6.07) is 10.8. The lowest BCUT2D eigenvalue weighted by Gasteiger charge is -2.35. The number of hydrogen-bond donors (Lipinski definition) is 3. The number of quaternary nitrogens is 1. The van der Waals surface area contributed by atoms with Crippen molar-refractivity contribution in [1.29, 1.82) is 0 Å². The summed E-state index contributed by atoms with van der Waals surface area (Å²) in [5.41, 5.74) is 1.70. The van der Waals surface area contributed by atoms with Crippen molar-refractivity contribution in [2.75, 3.05) is 0 Å². The predicted molar refractivity (Wildman–Crippen MR) is 83.5 cm³/mol. The van der Waals surface area contributed by atoms with Crippen molar-refractivity contribution in [3.05, 3.63) is 53.2 Å². The second-order valence-corrected chi connectivity index (χ2v) is 6.15. The fourth-order valence-electron chi connectivity index (χ4n) is 2.45. The molecule has 3 aromatic rings. The Kier molecular flexibility index (Phi) is 3.59. The molecule has 0 saturated carbocycles. The van der Waals surface area contributed by atoms with Crippen molar-refractivity contribution in [1.82, 2.24) is 5.48 Å². The van der Waals surface area contributed by atoms with E-state index >= 15 is 0 Å². The smallest absolute Gasteiger partial charge is 0.473 e. The molecule has 2 amide bonds. The van der Waals surface area contributed by atoms with E-state index in [9.17, 15) is 15.2 Å². The lowest BCUT2D eigenvalue weighted by Crippen LogP contribution is -2.51. The number of hydrogen-bond acceptors (Lipinski definition) is 5. The summed E-state index contributed by atoms with van der Waals surface area (Å²) in [5.74, 6) is 0. The Morgan fingerprint density at radius 1 is 1.23 bits per heavy atom. The van der Waals surface area contributed by atoms with E-state index in [0.29, 0.717) is 5.56 Å². The van der Waals surface area contributed by atoms with Crippen LogP contribution in [0.2, 0.25) is 0 Å². The molecule has 0 aliphatic heterocycles. The van der Waals surface area contributed by atoms with Gasteiger partial charge in [-0.3, -0.25) is 5.21 Å². The van der Waals surface area contributed by atoms with E-state index in [0.717, 1.165) is 20.2 Å². The number of carbonyl (C=O) groups is 1. The third-order valence-electron chi connectivity index (χ3n) is 3.80. The monoisotopic (exact) mass is 318 g/mol. The van der Waals surface area contributed by atoms with Crippen LogP contribution < -0.4 is 5.48 Å². The molecule has 1 aromatic heterocycles. The van der Waals surface area contributed by atoms with E-state index in [1.807, 2.05) is 30.3 Å². The van der Waals surface area contributed by atoms with Crippen LogP contribution in [0.4, 0.5) is 4.79 Å². The summed E-state index contributed by atoms with van der Waals surface area (Å²) < 4.78 is 2.09. The average Bonchev–Trinajstić information content (AvgIpc) is 2.90. The first-order chi connectivity index (χ1) is 10.4. The van der Waals surface area contributed by atoms with Crippen LogP contribution >= 0.6 is 11.3 Å². The summed E-state index contributed by atoms with van der Waals surface area (Å²) in [5, 5.41) is 32.4. The average molecular weight is 318 g/mol. The number of hydroxylamine groups is 5. The highest BCUT2D eigenvalue weighted by Gasteiger charge is 2.34. The van der Waals surface area contributed by atoms with Crippen LogP contribution in [0.3, 0.4) is 0 Å². The number of nitrogens with zero attached hydrogens (tertiary/aromatic N) is 1. The first-order valence-corrected chi connectivity index (χ1v) is 7.45. The standard InChI is InChI=1S/C15H14N2O4S/c1-9(17(20,21)15(18)16-19)10-6-7-12-11-4-2-3-5-13(11)22-14(12)8-10/h2-9,19-20H,1H3,(H,16,18). The van der Waals surface area contributed by atoms with E-state index in [-0.39, 0.29) is 0 Å². The lowest BCUT2D eigenvalue weighted by atomic mass is 10.1. The zero-order valence-corrected chi connectivity index (χ0v) is 12.5. The van der Waals surface area contributed by atoms with Crippen molar-refractivity contribution in [3.8, 4) is 0 Å². The van der Waals surface area contributed by atoms with Crippen molar-refractivity contribution in [3.63, 3.8) is 0 Å². The van der Waals surface area contributed by atoms with Crippen molar-refractivity contribution in [2.45, 2.75) is 13.0 Å². The van der Waals surface area contributed by atoms with Crippen LogP contribution in [0.1, 0.15) is 18.5 Å². The van der Waals surface area contributed by atoms with E-state index in [4.69, 9.17) is 5.21 Å². The van der Waals surface area contributed by atoms with E-state index < -0.39 is 16.9 Å². The molecule has 0 aliphatic carbocycles. The van der Waals surface area contributed by atoms with Gasteiger partial charge in [0.2, 0.25) is 0 Å². The first-order valence-electron chi connectivity index (χ1n) is 6.63. The van der Waals surface area contributed by atoms with Gasteiger partial charge >= 0.3 is 6.03 Å². The fourth-order valence-corrected chi connectivity index (χ4v) is 3.61. The Labute approximate surface area is 129 Å². The summed E-state index contributed by atoms with van der Waals surface area (Å²) in [4.78, 5) is 9.09. The molecule has 0 bridgehead atoms. The summed E-state index contributed by atoms with van der Waals surface area (Å²) >= 11 is 1.58.